The van der Waals surface area contributed by atoms with Gasteiger partial charge in [0.15, 0.2) is 11.5 Å². The molecule has 1 unspecified atom stereocenters. The minimum atomic E-state index is -4.83. The summed E-state index contributed by atoms with van der Waals surface area (Å²) in [5, 5.41) is 7.60. The topological polar surface area (TPSA) is 88.9 Å². The maximum Gasteiger partial charge on any atom is 0.435 e. The number of carbonyl (C=O) groups is 2. The quantitative estimate of drug-likeness (QED) is 0.633. The Labute approximate surface area is 188 Å². The fourth-order valence-corrected chi connectivity index (χ4v) is 3.65. The molecule has 2 aromatic heterocycles. The number of amides is 2. The number of hydrogen-bond acceptors (Lipinski definition) is 4. The van der Waals surface area contributed by atoms with Crippen LogP contribution in [0.2, 0.25) is 5.02 Å². The molecule has 2 N–H and O–H groups in total. The molecule has 13 heteroatoms. The third-order valence-corrected chi connectivity index (χ3v) is 5.10. The van der Waals surface area contributed by atoms with E-state index in [2.05, 4.69) is 20.7 Å². The van der Waals surface area contributed by atoms with Crippen LogP contribution in [0.1, 0.15) is 22.6 Å². The van der Waals surface area contributed by atoms with Crippen molar-refractivity contribution in [3.8, 4) is 5.82 Å². The summed E-state index contributed by atoms with van der Waals surface area (Å²) < 4.78 is 40.5. The van der Waals surface area contributed by atoms with E-state index < -0.39 is 34.8 Å². The molecule has 0 radical (unpaired) electrons. The lowest BCUT2D eigenvalue weighted by molar-refractivity contribution is -0.141. The van der Waals surface area contributed by atoms with Crippen LogP contribution in [0.4, 0.5) is 13.2 Å². The number of halogens is 6. The highest BCUT2D eigenvalue weighted by molar-refractivity contribution is 6.32. The third-order valence-electron chi connectivity index (χ3n) is 4.17. The molecule has 31 heavy (non-hydrogen) atoms. The van der Waals surface area contributed by atoms with Crippen molar-refractivity contribution in [2.24, 2.45) is 0 Å². The molecule has 2 amide bonds. The van der Waals surface area contributed by atoms with Gasteiger partial charge in [0.1, 0.15) is 5.69 Å². The molecule has 0 aromatic carbocycles. The van der Waals surface area contributed by atoms with Gasteiger partial charge in [-0.25, -0.2) is 9.67 Å². The lowest BCUT2D eigenvalue weighted by atomic mass is 10.0. The standard InChI is InChI=1S/C18H13Cl3F3N5O2/c1-25-16(30)9-5-8(19)6-11(21)14(9)27-17(31)12-7-13(18(22,23)24)28-29(12)15-10(20)3-2-4-26-15/h2-5,7,11H,6H2,1H3,(H,25,30)(H,27,31). The second-order valence-corrected chi connectivity index (χ2v) is 7.68. The lowest BCUT2D eigenvalue weighted by Crippen LogP contribution is -2.35. The van der Waals surface area contributed by atoms with E-state index in [0.717, 1.165) is 0 Å². The number of hydrogen-bond donors (Lipinski definition) is 2. The van der Waals surface area contributed by atoms with Crippen molar-refractivity contribution in [2.45, 2.75) is 18.0 Å². The van der Waals surface area contributed by atoms with Crippen LogP contribution >= 0.6 is 34.8 Å². The molecule has 2 heterocycles. The predicted octanol–water partition coefficient (Wildman–Crippen LogP) is 3.80. The maximum atomic E-state index is 13.3. The number of aromatic nitrogens is 3. The predicted molar refractivity (Wildman–Crippen MR) is 108 cm³/mol. The molecule has 0 aliphatic heterocycles. The van der Waals surface area contributed by atoms with Crippen molar-refractivity contribution in [3.63, 3.8) is 0 Å². The number of allylic oxidation sites excluding steroid dienone is 2. The van der Waals surface area contributed by atoms with Crippen molar-refractivity contribution in [1.29, 1.82) is 0 Å². The van der Waals surface area contributed by atoms with Crippen LogP contribution in [-0.2, 0) is 11.0 Å². The Morgan fingerprint density at radius 1 is 1.26 bits per heavy atom. The first kappa shape index (κ1) is 23.1. The summed E-state index contributed by atoms with van der Waals surface area (Å²) >= 11 is 18.3. The zero-order valence-corrected chi connectivity index (χ0v) is 17.9. The van der Waals surface area contributed by atoms with Gasteiger partial charge in [0.2, 0.25) is 0 Å². The number of nitrogens with one attached hydrogen (secondary N) is 2. The molecule has 1 aliphatic rings. The summed E-state index contributed by atoms with van der Waals surface area (Å²) in [7, 11) is 1.36. The van der Waals surface area contributed by atoms with E-state index in [9.17, 15) is 22.8 Å². The van der Waals surface area contributed by atoms with E-state index in [1.54, 1.807) is 0 Å². The molecule has 0 fully saturated rings. The van der Waals surface area contributed by atoms with Crippen molar-refractivity contribution in [2.75, 3.05) is 7.05 Å². The van der Waals surface area contributed by atoms with Crippen LogP contribution in [0.5, 0.6) is 0 Å². The first-order valence-corrected chi connectivity index (χ1v) is 9.78. The van der Waals surface area contributed by atoms with Gasteiger partial charge in [-0.2, -0.15) is 18.3 Å². The molecule has 0 saturated carbocycles. The van der Waals surface area contributed by atoms with E-state index >= 15 is 0 Å². The molecule has 3 rings (SSSR count). The summed E-state index contributed by atoms with van der Waals surface area (Å²) in [5.74, 6) is -1.77. The van der Waals surface area contributed by atoms with Gasteiger partial charge in [0.25, 0.3) is 11.8 Å². The van der Waals surface area contributed by atoms with Gasteiger partial charge >= 0.3 is 6.18 Å². The molecule has 7 nitrogen and oxygen atoms in total. The van der Waals surface area contributed by atoms with Gasteiger partial charge in [-0.3, -0.25) is 9.59 Å². The SMILES string of the molecule is CNC(=O)C1=C(NC(=O)c2cc(C(F)(F)F)nn2-c2ncccc2Cl)C(Cl)CC(Cl)=C1. The van der Waals surface area contributed by atoms with E-state index in [1.807, 2.05) is 0 Å². The Kier molecular flexibility index (Phi) is 6.63. The van der Waals surface area contributed by atoms with Gasteiger partial charge in [-0.1, -0.05) is 23.2 Å². The third kappa shape index (κ3) is 4.86. The van der Waals surface area contributed by atoms with Crippen LogP contribution in [0, 0.1) is 0 Å². The highest BCUT2D eigenvalue weighted by Gasteiger charge is 2.37. The van der Waals surface area contributed by atoms with Gasteiger partial charge in [0, 0.05) is 36.5 Å². The number of alkyl halides is 4. The largest absolute Gasteiger partial charge is 0.435 e. The molecule has 1 aliphatic carbocycles. The maximum absolute atomic E-state index is 13.3. The van der Waals surface area contributed by atoms with Gasteiger partial charge < -0.3 is 10.6 Å². The number of rotatable bonds is 4. The summed E-state index contributed by atoms with van der Waals surface area (Å²) in [5.41, 5.74) is -1.87. The Hall–Kier alpha value is -2.56. The normalized spacial score (nSPS) is 16.7. The van der Waals surface area contributed by atoms with Crippen LogP contribution in [0.15, 0.2) is 46.8 Å². The van der Waals surface area contributed by atoms with Gasteiger partial charge in [-0.15, -0.1) is 11.6 Å². The van der Waals surface area contributed by atoms with Crippen LogP contribution in [-0.4, -0.2) is 39.0 Å². The fraction of sp³-hybridized carbons (Fsp3) is 0.222. The first-order chi connectivity index (χ1) is 14.5. The molecule has 0 bridgehead atoms. The van der Waals surface area contributed by atoms with Crippen LogP contribution in [0.25, 0.3) is 5.82 Å². The highest BCUT2D eigenvalue weighted by atomic mass is 35.5. The van der Waals surface area contributed by atoms with Crippen molar-refractivity contribution < 1.29 is 22.8 Å². The average Bonchev–Trinajstić information content (AvgIpc) is 3.15. The zero-order valence-electron chi connectivity index (χ0n) is 15.6. The van der Waals surface area contributed by atoms with Crippen molar-refractivity contribution in [3.05, 3.63) is 63.2 Å². The number of carbonyl (C=O) groups excluding carboxylic acids is 2. The molecule has 0 spiro atoms. The van der Waals surface area contributed by atoms with Crippen molar-refractivity contribution in [1.82, 2.24) is 25.4 Å². The van der Waals surface area contributed by atoms with Gasteiger partial charge in [-0.05, 0) is 18.2 Å². The zero-order chi connectivity index (χ0) is 22.9. The van der Waals surface area contributed by atoms with Gasteiger partial charge in [0.05, 0.1) is 16.0 Å². The smallest absolute Gasteiger partial charge is 0.355 e. The Morgan fingerprint density at radius 3 is 2.58 bits per heavy atom. The second-order valence-electron chi connectivity index (χ2n) is 6.26. The van der Waals surface area contributed by atoms with E-state index in [0.29, 0.717) is 10.7 Å². The molecule has 1 atom stereocenters. The number of nitrogens with zero attached hydrogens (tertiary/aromatic N) is 3. The van der Waals surface area contributed by atoms with Crippen LogP contribution in [0.3, 0.4) is 0 Å². The first-order valence-electron chi connectivity index (χ1n) is 8.58. The Balaban J connectivity index is 2.10. The molecular formula is C18H13Cl3F3N5O2. The summed E-state index contributed by atoms with van der Waals surface area (Å²) in [6, 6.07) is 3.40. The highest BCUT2D eigenvalue weighted by Crippen LogP contribution is 2.32. The summed E-state index contributed by atoms with van der Waals surface area (Å²) in [4.78, 5) is 29.0. The Bertz CT molecular complexity index is 1110. The Morgan fingerprint density at radius 2 is 1.97 bits per heavy atom. The molecule has 2 aromatic rings. The van der Waals surface area contributed by atoms with E-state index in [4.69, 9.17) is 34.8 Å². The monoisotopic (exact) mass is 493 g/mol. The number of likely N-dealkylation sites (N-methyl/N-ethyl adjacent to an activating group) is 1. The minimum absolute atomic E-state index is 0.0103. The molecule has 0 saturated heterocycles. The molecular weight excluding hydrogens is 482 g/mol. The van der Waals surface area contributed by atoms with E-state index in [1.165, 1.54) is 31.5 Å². The fourth-order valence-electron chi connectivity index (χ4n) is 2.77. The van der Waals surface area contributed by atoms with Crippen molar-refractivity contribution >= 4 is 46.6 Å². The molecule has 164 valence electrons. The number of pyridine rings is 1. The summed E-state index contributed by atoms with van der Waals surface area (Å²) in [6.07, 6.45) is -2.11. The lowest BCUT2D eigenvalue weighted by Gasteiger charge is -2.22. The van der Waals surface area contributed by atoms with Crippen LogP contribution < -0.4 is 10.6 Å². The minimum Gasteiger partial charge on any atom is -0.355 e. The van der Waals surface area contributed by atoms with E-state index in [-0.39, 0.29) is 33.6 Å². The summed E-state index contributed by atoms with van der Waals surface area (Å²) in [6.45, 7) is 0. The average molecular weight is 495 g/mol. The second kappa shape index (κ2) is 8.89.